The molecule has 4 nitrogen and oxygen atoms in total. The fraction of sp³-hybridized carbons (Fsp3) is 0.500. The Balaban J connectivity index is 1.63. The molecule has 0 saturated carbocycles. The summed E-state index contributed by atoms with van der Waals surface area (Å²) in [5.41, 5.74) is 8.26. The van der Waals surface area contributed by atoms with E-state index in [0.717, 1.165) is 50.3 Å². The molecule has 1 aromatic rings. The van der Waals surface area contributed by atoms with Crippen LogP contribution in [-0.4, -0.2) is 36.5 Å². The summed E-state index contributed by atoms with van der Waals surface area (Å²) in [6.07, 6.45) is 6.70. The number of hydrogen-bond donors (Lipinski definition) is 1. The highest BCUT2D eigenvalue weighted by molar-refractivity contribution is 5.91. The van der Waals surface area contributed by atoms with Crippen molar-refractivity contribution in [3.05, 3.63) is 35.4 Å². The Hall–Kier alpha value is -1.81. The number of carbonyl (C=O) groups excluding carboxylic acids is 1. The molecular weight excluding hydrogens is 276 g/mol. The summed E-state index contributed by atoms with van der Waals surface area (Å²) in [5.74, 6) is 1.48. The number of nitrogens with zero attached hydrogens (tertiary/aromatic N) is 1. The van der Waals surface area contributed by atoms with Crippen LogP contribution in [0.4, 0.5) is 0 Å². The molecule has 118 valence electrons. The minimum atomic E-state index is 0.0853. The fourth-order valence-corrected chi connectivity index (χ4v) is 3.22. The molecule has 2 unspecified atom stereocenters. The van der Waals surface area contributed by atoms with Crippen LogP contribution in [0.15, 0.2) is 24.3 Å². The lowest BCUT2D eigenvalue weighted by atomic mass is 9.92. The van der Waals surface area contributed by atoms with E-state index >= 15 is 0 Å². The van der Waals surface area contributed by atoms with E-state index in [-0.39, 0.29) is 11.9 Å². The monoisotopic (exact) mass is 300 g/mol. The molecule has 1 amide bonds. The van der Waals surface area contributed by atoms with E-state index in [1.165, 1.54) is 5.56 Å². The first-order valence-corrected chi connectivity index (χ1v) is 8.12. The van der Waals surface area contributed by atoms with Gasteiger partial charge in [-0.25, -0.2) is 0 Å². The van der Waals surface area contributed by atoms with Gasteiger partial charge < -0.3 is 15.4 Å². The molecule has 4 heteroatoms. The average Bonchev–Trinajstić information content (AvgIpc) is 3.00. The molecule has 2 atom stereocenters. The molecule has 1 fully saturated rings. The van der Waals surface area contributed by atoms with Crippen molar-refractivity contribution in [3.63, 3.8) is 0 Å². The SMILES string of the molecule is CC(N)C1CCCN(C(=O)/C=C/c2ccc3c(c2)CCO3)C1. The Bertz CT molecular complexity index is 580. The quantitative estimate of drug-likeness (QED) is 0.871. The molecule has 2 aliphatic heterocycles. The van der Waals surface area contributed by atoms with Crippen LogP contribution in [0.5, 0.6) is 5.75 Å². The Morgan fingerprint density at radius 2 is 2.36 bits per heavy atom. The number of rotatable bonds is 3. The van der Waals surface area contributed by atoms with Gasteiger partial charge in [0.25, 0.3) is 0 Å². The maximum atomic E-state index is 12.3. The van der Waals surface area contributed by atoms with E-state index in [1.807, 2.05) is 30.0 Å². The number of likely N-dealkylation sites (tertiary alicyclic amines) is 1. The largest absolute Gasteiger partial charge is 0.493 e. The van der Waals surface area contributed by atoms with Gasteiger partial charge in [-0.1, -0.05) is 6.07 Å². The first-order valence-electron chi connectivity index (χ1n) is 8.12. The molecule has 2 aliphatic rings. The van der Waals surface area contributed by atoms with E-state index in [1.54, 1.807) is 6.08 Å². The first kappa shape index (κ1) is 15.1. The van der Waals surface area contributed by atoms with Crippen molar-refractivity contribution in [2.24, 2.45) is 11.7 Å². The fourth-order valence-electron chi connectivity index (χ4n) is 3.22. The van der Waals surface area contributed by atoms with E-state index in [9.17, 15) is 4.79 Å². The minimum Gasteiger partial charge on any atom is -0.493 e. The highest BCUT2D eigenvalue weighted by Crippen LogP contribution is 2.26. The second-order valence-corrected chi connectivity index (χ2v) is 6.34. The maximum absolute atomic E-state index is 12.3. The van der Waals surface area contributed by atoms with Gasteiger partial charge in [0, 0.05) is 31.6 Å². The highest BCUT2D eigenvalue weighted by Gasteiger charge is 2.24. The van der Waals surface area contributed by atoms with Crippen LogP contribution in [0.3, 0.4) is 0 Å². The number of carbonyl (C=O) groups is 1. The Labute approximate surface area is 131 Å². The van der Waals surface area contributed by atoms with Crippen molar-refractivity contribution >= 4 is 12.0 Å². The molecule has 3 rings (SSSR count). The predicted octanol–water partition coefficient (Wildman–Crippen LogP) is 2.22. The highest BCUT2D eigenvalue weighted by atomic mass is 16.5. The summed E-state index contributed by atoms with van der Waals surface area (Å²) in [5, 5.41) is 0. The Morgan fingerprint density at radius 3 is 3.18 bits per heavy atom. The topological polar surface area (TPSA) is 55.6 Å². The second-order valence-electron chi connectivity index (χ2n) is 6.34. The molecule has 0 radical (unpaired) electrons. The van der Waals surface area contributed by atoms with Crippen LogP contribution in [-0.2, 0) is 11.2 Å². The first-order chi connectivity index (χ1) is 10.6. The van der Waals surface area contributed by atoms with Crippen LogP contribution in [0, 0.1) is 5.92 Å². The van der Waals surface area contributed by atoms with Crippen LogP contribution in [0.2, 0.25) is 0 Å². The summed E-state index contributed by atoms with van der Waals surface area (Å²) in [6, 6.07) is 6.23. The zero-order valence-electron chi connectivity index (χ0n) is 13.1. The number of hydrogen-bond acceptors (Lipinski definition) is 3. The molecule has 2 N–H and O–H groups in total. The van der Waals surface area contributed by atoms with E-state index in [4.69, 9.17) is 10.5 Å². The molecule has 0 bridgehead atoms. The molecule has 0 aromatic heterocycles. The third-order valence-corrected chi connectivity index (χ3v) is 4.64. The van der Waals surface area contributed by atoms with Crippen molar-refractivity contribution in [1.82, 2.24) is 4.90 Å². The van der Waals surface area contributed by atoms with Crippen LogP contribution in [0.25, 0.3) is 6.08 Å². The van der Waals surface area contributed by atoms with Gasteiger partial charge in [-0.2, -0.15) is 0 Å². The lowest BCUT2D eigenvalue weighted by molar-refractivity contribution is -0.127. The average molecular weight is 300 g/mol. The van der Waals surface area contributed by atoms with Crippen molar-refractivity contribution in [2.45, 2.75) is 32.2 Å². The van der Waals surface area contributed by atoms with Crippen LogP contribution >= 0.6 is 0 Å². The Morgan fingerprint density at radius 1 is 1.50 bits per heavy atom. The normalized spacial score (nSPS) is 22.5. The molecule has 22 heavy (non-hydrogen) atoms. The molecule has 2 heterocycles. The molecule has 0 aliphatic carbocycles. The molecular formula is C18H24N2O2. The number of amides is 1. The standard InChI is InChI=1S/C18H24N2O2/c1-13(19)16-3-2-9-20(12-16)18(21)7-5-14-4-6-17-15(11-14)8-10-22-17/h4-7,11,13,16H,2-3,8-10,12,19H2,1H3/b7-5+. The van der Waals surface area contributed by atoms with E-state index in [0.29, 0.717) is 5.92 Å². The lowest BCUT2D eigenvalue weighted by Crippen LogP contribution is -2.44. The van der Waals surface area contributed by atoms with Gasteiger partial charge in [0.1, 0.15) is 5.75 Å². The minimum absolute atomic E-state index is 0.0853. The maximum Gasteiger partial charge on any atom is 0.246 e. The number of nitrogens with two attached hydrogens (primary N) is 1. The summed E-state index contributed by atoms with van der Waals surface area (Å²) in [4.78, 5) is 14.3. The summed E-state index contributed by atoms with van der Waals surface area (Å²) in [6.45, 7) is 4.40. The molecule has 0 spiro atoms. The third-order valence-electron chi connectivity index (χ3n) is 4.64. The zero-order valence-corrected chi connectivity index (χ0v) is 13.1. The van der Waals surface area contributed by atoms with Crippen molar-refractivity contribution in [3.8, 4) is 5.75 Å². The molecule has 1 aromatic carbocycles. The van der Waals surface area contributed by atoms with Crippen molar-refractivity contribution < 1.29 is 9.53 Å². The van der Waals surface area contributed by atoms with Gasteiger partial charge in [-0.3, -0.25) is 4.79 Å². The number of fused-ring (bicyclic) bond motifs is 1. The van der Waals surface area contributed by atoms with Gasteiger partial charge in [0.2, 0.25) is 5.91 Å². The van der Waals surface area contributed by atoms with Crippen molar-refractivity contribution in [2.75, 3.05) is 19.7 Å². The van der Waals surface area contributed by atoms with Crippen LogP contribution < -0.4 is 10.5 Å². The predicted molar refractivity (Wildman–Crippen MR) is 87.6 cm³/mol. The molecule has 1 saturated heterocycles. The third kappa shape index (κ3) is 3.33. The number of piperidine rings is 1. The van der Waals surface area contributed by atoms with Crippen molar-refractivity contribution in [1.29, 1.82) is 0 Å². The summed E-state index contributed by atoms with van der Waals surface area (Å²) >= 11 is 0. The van der Waals surface area contributed by atoms with E-state index in [2.05, 4.69) is 6.07 Å². The summed E-state index contributed by atoms with van der Waals surface area (Å²) < 4.78 is 5.50. The summed E-state index contributed by atoms with van der Waals surface area (Å²) in [7, 11) is 0. The number of benzene rings is 1. The van der Waals surface area contributed by atoms with Gasteiger partial charge in [-0.05, 0) is 55.0 Å². The lowest BCUT2D eigenvalue weighted by Gasteiger charge is -2.34. The second kappa shape index (κ2) is 6.53. The zero-order chi connectivity index (χ0) is 15.5. The van der Waals surface area contributed by atoms with Gasteiger partial charge in [0.15, 0.2) is 0 Å². The number of ether oxygens (including phenoxy) is 1. The van der Waals surface area contributed by atoms with Gasteiger partial charge >= 0.3 is 0 Å². The Kier molecular flexibility index (Phi) is 4.48. The smallest absolute Gasteiger partial charge is 0.246 e. The van der Waals surface area contributed by atoms with Crippen LogP contribution in [0.1, 0.15) is 30.9 Å². The van der Waals surface area contributed by atoms with E-state index < -0.39 is 0 Å². The van der Waals surface area contributed by atoms with Gasteiger partial charge in [0.05, 0.1) is 6.61 Å². The van der Waals surface area contributed by atoms with Gasteiger partial charge in [-0.15, -0.1) is 0 Å².